The van der Waals surface area contributed by atoms with E-state index in [1.807, 2.05) is 0 Å². The second kappa shape index (κ2) is 8.13. The maximum absolute atomic E-state index is 12.5. The first-order chi connectivity index (χ1) is 10.9. The van der Waals surface area contributed by atoms with E-state index in [0.29, 0.717) is 19.4 Å². The summed E-state index contributed by atoms with van der Waals surface area (Å²) in [5.74, 6) is -0.616. The molecule has 0 bridgehead atoms. The summed E-state index contributed by atoms with van der Waals surface area (Å²) < 4.78 is 23.0. The highest BCUT2D eigenvalue weighted by Crippen LogP contribution is 2.31. The fourth-order valence-corrected chi connectivity index (χ4v) is 5.17. The van der Waals surface area contributed by atoms with Crippen molar-refractivity contribution in [1.29, 1.82) is 0 Å². The lowest BCUT2D eigenvalue weighted by molar-refractivity contribution is -0.136. The third kappa shape index (κ3) is 5.19. The van der Waals surface area contributed by atoms with E-state index in [1.54, 1.807) is 0 Å². The first kappa shape index (κ1) is 18.2. The average Bonchev–Trinajstić information content (AvgIpc) is 2.86. The Bertz CT molecular complexity index is 532. The average molecular weight is 344 g/mol. The molecular formula is C16H28N2O4S. The van der Waals surface area contributed by atoms with Crippen molar-refractivity contribution in [2.75, 3.05) is 18.1 Å². The van der Waals surface area contributed by atoms with Gasteiger partial charge in [0.2, 0.25) is 11.8 Å². The number of hydrogen-bond donors (Lipinski definition) is 2. The number of amides is 2. The minimum atomic E-state index is -3.01. The third-order valence-corrected chi connectivity index (χ3v) is 6.62. The minimum Gasteiger partial charge on any atom is -0.356 e. The van der Waals surface area contributed by atoms with Crippen LogP contribution in [0.3, 0.4) is 0 Å². The van der Waals surface area contributed by atoms with Crippen LogP contribution >= 0.6 is 0 Å². The van der Waals surface area contributed by atoms with E-state index < -0.39 is 9.84 Å². The van der Waals surface area contributed by atoms with Crippen LogP contribution in [0.2, 0.25) is 0 Å². The van der Waals surface area contributed by atoms with Gasteiger partial charge in [-0.3, -0.25) is 9.59 Å². The Morgan fingerprint density at radius 3 is 2.26 bits per heavy atom. The zero-order valence-corrected chi connectivity index (χ0v) is 14.7. The number of hydrogen-bond acceptors (Lipinski definition) is 4. The van der Waals surface area contributed by atoms with Gasteiger partial charge in [0.25, 0.3) is 0 Å². The van der Waals surface area contributed by atoms with Crippen LogP contribution in [-0.4, -0.2) is 44.3 Å². The smallest absolute Gasteiger partial charge is 0.224 e. The van der Waals surface area contributed by atoms with Crippen LogP contribution < -0.4 is 10.6 Å². The van der Waals surface area contributed by atoms with Gasteiger partial charge in [-0.2, -0.15) is 0 Å². The van der Waals surface area contributed by atoms with E-state index in [0.717, 1.165) is 32.1 Å². The molecule has 0 radical (unpaired) electrons. The van der Waals surface area contributed by atoms with Gasteiger partial charge >= 0.3 is 0 Å². The quantitative estimate of drug-likeness (QED) is 0.704. The lowest BCUT2D eigenvalue weighted by Gasteiger charge is -2.30. The van der Waals surface area contributed by atoms with Gasteiger partial charge in [-0.25, -0.2) is 8.42 Å². The summed E-state index contributed by atoms with van der Waals surface area (Å²) in [4.78, 5) is 24.9. The molecule has 23 heavy (non-hydrogen) atoms. The fraction of sp³-hybridized carbons (Fsp3) is 0.875. The molecule has 3 atom stereocenters. The fourth-order valence-electron chi connectivity index (χ4n) is 3.50. The van der Waals surface area contributed by atoms with Crippen molar-refractivity contribution >= 4 is 21.7 Å². The van der Waals surface area contributed by atoms with Crippen LogP contribution in [0.1, 0.15) is 51.9 Å². The monoisotopic (exact) mass is 344 g/mol. The molecule has 1 aliphatic heterocycles. The standard InChI is InChI=1S/C16H28N2O4S/c1-2-3-9-17-15(19)13-6-4-5-7-14(13)16(20)18-12-8-10-23(21,22)11-12/h12-14H,2-11H2,1H3,(H,17,19)(H,18,20)/t12-,13-,14-/m1/s1. The van der Waals surface area contributed by atoms with Gasteiger partial charge in [-0.15, -0.1) is 0 Å². The molecule has 132 valence electrons. The van der Waals surface area contributed by atoms with Gasteiger partial charge in [0.05, 0.1) is 11.5 Å². The Hall–Kier alpha value is -1.11. The van der Waals surface area contributed by atoms with Gasteiger partial charge in [0, 0.05) is 24.4 Å². The maximum Gasteiger partial charge on any atom is 0.224 e. The molecule has 0 aromatic rings. The molecule has 2 fully saturated rings. The highest BCUT2D eigenvalue weighted by Gasteiger charge is 2.37. The lowest BCUT2D eigenvalue weighted by atomic mass is 9.78. The van der Waals surface area contributed by atoms with Crippen molar-refractivity contribution in [2.45, 2.75) is 57.9 Å². The molecule has 2 rings (SSSR count). The van der Waals surface area contributed by atoms with Crippen molar-refractivity contribution in [3.8, 4) is 0 Å². The van der Waals surface area contributed by atoms with Gasteiger partial charge in [0.15, 0.2) is 9.84 Å². The molecule has 1 aliphatic carbocycles. The largest absolute Gasteiger partial charge is 0.356 e. The molecule has 6 nitrogen and oxygen atoms in total. The van der Waals surface area contributed by atoms with Crippen LogP contribution in [0, 0.1) is 11.8 Å². The van der Waals surface area contributed by atoms with E-state index in [9.17, 15) is 18.0 Å². The van der Waals surface area contributed by atoms with E-state index in [1.165, 1.54) is 0 Å². The molecule has 1 saturated carbocycles. The summed E-state index contributed by atoms with van der Waals surface area (Å²) in [6, 6.07) is -0.293. The molecule has 2 amide bonds. The normalized spacial score (nSPS) is 29.9. The van der Waals surface area contributed by atoms with Gasteiger partial charge in [-0.1, -0.05) is 26.2 Å². The lowest BCUT2D eigenvalue weighted by Crippen LogP contribution is -2.46. The number of rotatable bonds is 6. The van der Waals surface area contributed by atoms with Crippen LogP contribution in [0.15, 0.2) is 0 Å². The minimum absolute atomic E-state index is 0.0266. The molecule has 7 heteroatoms. The van der Waals surface area contributed by atoms with Crippen LogP contribution in [0.25, 0.3) is 0 Å². The second-order valence-electron chi connectivity index (χ2n) is 6.75. The number of nitrogens with one attached hydrogen (secondary N) is 2. The summed E-state index contributed by atoms with van der Waals surface area (Å²) in [6.45, 7) is 2.72. The molecule has 0 unspecified atom stereocenters. The summed E-state index contributed by atoms with van der Waals surface area (Å²) >= 11 is 0. The summed E-state index contributed by atoms with van der Waals surface area (Å²) in [6.07, 6.45) is 5.79. The van der Waals surface area contributed by atoms with Gasteiger partial charge in [0.1, 0.15) is 0 Å². The highest BCUT2D eigenvalue weighted by molar-refractivity contribution is 7.91. The summed E-state index contributed by atoms with van der Waals surface area (Å²) in [5, 5.41) is 5.79. The predicted molar refractivity (Wildman–Crippen MR) is 88.6 cm³/mol. The maximum atomic E-state index is 12.5. The third-order valence-electron chi connectivity index (χ3n) is 4.85. The Kier molecular flexibility index (Phi) is 6.44. The zero-order valence-electron chi connectivity index (χ0n) is 13.8. The summed E-state index contributed by atoms with van der Waals surface area (Å²) in [5.41, 5.74) is 0. The number of carbonyl (C=O) groups is 2. The van der Waals surface area contributed by atoms with Crippen LogP contribution in [0.4, 0.5) is 0 Å². The van der Waals surface area contributed by atoms with E-state index in [4.69, 9.17) is 0 Å². The van der Waals surface area contributed by atoms with E-state index in [-0.39, 0.29) is 41.2 Å². The SMILES string of the molecule is CCCCNC(=O)[C@@H]1CCCC[C@H]1C(=O)N[C@@H]1CCS(=O)(=O)C1. The first-order valence-corrected chi connectivity index (χ1v) is 10.5. The molecule has 2 N–H and O–H groups in total. The Morgan fingerprint density at radius 1 is 1.04 bits per heavy atom. The Morgan fingerprint density at radius 2 is 1.70 bits per heavy atom. The summed E-state index contributed by atoms with van der Waals surface area (Å²) in [7, 11) is -3.01. The van der Waals surface area contributed by atoms with Crippen molar-refractivity contribution < 1.29 is 18.0 Å². The van der Waals surface area contributed by atoms with Gasteiger partial charge < -0.3 is 10.6 Å². The van der Waals surface area contributed by atoms with E-state index >= 15 is 0 Å². The molecule has 0 spiro atoms. The van der Waals surface area contributed by atoms with Crippen molar-refractivity contribution in [3.05, 3.63) is 0 Å². The molecule has 0 aromatic carbocycles. The first-order valence-electron chi connectivity index (χ1n) is 8.71. The topological polar surface area (TPSA) is 92.3 Å². The van der Waals surface area contributed by atoms with Crippen molar-refractivity contribution in [2.24, 2.45) is 11.8 Å². The Balaban J connectivity index is 1.92. The molecular weight excluding hydrogens is 316 g/mol. The molecule has 1 heterocycles. The number of carbonyl (C=O) groups excluding carboxylic acids is 2. The molecule has 2 aliphatic rings. The van der Waals surface area contributed by atoms with Crippen LogP contribution in [-0.2, 0) is 19.4 Å². The van der Waals surface area contributed by atoms with Crippen molar-refractivity contribution in [3.63, 3.8) is 0 Å². The van der Waals surface area contributed by atoms with E-state index in [2.05, 4.69) is 17.6 Å². The number of unbranched alkanes of at least 4 members (excludes halogenated alkanes) is 1. The highest BCUT2D eigenvalue weighted by atomic mass is 32.2. The molecule has 0 aromatic heterocycles. The van der Waals surface area contributed by atoms with Crippen molar-refractivity contribution in [1.82, 2.24) is 10.6 Å². The second-order valence-corrected chi connectivity index (χ2v) is 8.98. The van der Waals surface area contributed by atoms with Crippen LogP contribution in [0.5, 0.6) is 0 Å². The molecule has 1 saturated heterocycles. The zero-order chi connectivity index (χ0) is 16.9. The predicted octanol–water partition coefficient (Wildman–Crippen LogP) is 1.01. The van der Waals surface area contributed by atoms with Gasteiger partial charge in [-0.05, 0) is 25.7 Å². The number of sulfone groups is 1. The Labute approximate surface area is 138 Å².